The van der Waals surface area contributed by atoms with Crippen LogP contribution in [0.5, 0.6) is 11.5 Å². The first-order chi connectivity index (χ1) is 12.2. The van der Waals surface area contributed by atoms with Crippen molar-refractivity contribution in [3.8, 4) is 11.5 Å². The van der Waals surface area contributed by atoms with Gasteiger partial charge in [0.05, 0.1) is 5.56 Å². The van der Waals surface area contributed by atoms with Gasteiger partial charge in [0.15, 0.2) is 0 Å². The van der Waals surface area contributed by atoms with E-state index in [0.717, 1.165) is 18.6 Å². The third-order valence-corrected chi connectivity index (χ3v) is 3.73. The maximum Gasteiger partial charge on any atom is 0.273 e. The van der Waals surface area contributed by atoms with E-state index in [4.69, 9.17) is 9.47 Å². The summed E-state index contributed by atoms with van der Waals surface area (Å²) >= 11 is 0. The van der Waals surface area contributed by atoms with Gasteiger partial charge in [0, 0.05) is 5.92 Å². The van der Waals surface area contributed by atoms with E-state index in [-0.39, 0.29) is 11.8 Å². The molecule has 0 unspecified atom stereocenters. The highest BCUT2D eigenvalue weighted by Crippen LogP contribution is 2.28. The number of para-hydroxylation sites is 2. The second-order valence-electron chi connectivity index (χ2n) is 5.72. The number of hydrogen-bond donors (Lipinski definition) is 2. The average Bonchev–Trinajstić information content (AvgIpc) is 3.49. The lowest BCUT2D eigenvalue weighted by Gasteiger charge is -2.12. The molecule has 1 fully saturated rings. The van der Waals surface area contributed by atoms with Crippen LogP contribution in [0.15, 0.2) is 54.6 Å². The molecule has 2 N–H and O–H groups in total. The lowest BCUT2D eigenvalue weighted by atomic mass is 10.2. The molecular weight excluding hydrogens is 320 g/mol. The van der Waals surface area contributed by atoms with Gasteiger partial charge in [-0.05, 0) is 37.1 Å². The molecule has 2 amide bonds. The van der Waals surface area contributed by atoms with Crippen LogP contribution >= 0.6 is 0 Å². The standard InChI is InChI=1S/C19H20N2O4/c22-18(14-10-11-14)20-21-19(23)16-8-4-5-9-17(16)25-13-12-24-15-6-2-1-3-7-15/h1-9,14H,10-13H2,(H,20,22)(H,21,23). The average molecular weight is 340 g/mol. The van der Waals surface area contributed by atoms with Crippen LogP contribution in [0.2, 0.25) is 0 Å². The Labute approximate surface area is 146 Å². The molecule has 1 aliphatic rings. The molecule has 130 valence electrons. The first kappa shape index (κ1) is 16.8. The molecule has 0 atom stereocenters. The van der Waals surface area contributed by atoms with Crippen molar-refractivity contribution in [1.82, 2.24) is 10.9 Å². The third kappa shape index (κ3) is 4.97. The van der Waals surface area contributed by atoms with E-state index in [2.05, 4.69) is 10.9 Å². The number of carbonyl (C=O) groups is 2. The highest BCUT2D eigenvalue weighted by molar-refractivity contribution is 5.98. The summed E-state index contributed by atoms with van der Waals surface area (Å²) in [5.74, 6) is 0.677. The topological polar surface area (TPSA) is 76.7 Å². The quantitative estimate of drug-likeness (QED) is 0.599. The molecule has 3 rings (SSSR count). The second-order valence-corrected chi connectivity index (χ2v) is 5.72. The number of carbonyl (C=O) groups excluding carboxylic acids is 2. The van der Waals surface area contributed by atoms with Gasteiger partial charge in [-0.15, -0.1) is 0 Å². The molecule has 2 aromatic rings. The first-order valence-corrected chi connectivity index (χ1v) is 8.24. The van der Waals surface area contributed by atoms with Crippen LogP contribution in [-0.4, -0.2) is 25.0 Å². The zero-order chi connectivity index (χ0) is 17.5. The van der Waals surface area contributed by atoms with Crippen molar-refractivity contribution in [3.05, 3.63) is 60.2 Å². The molecule has 25 heavy (non-hydrogen) atoms. The molecule has 0 aliphatic heterocycles. The monoisotopic (exact) mass is 340 g/mol. The van der Waals surface area contributed by atoms with E-state index in [1.807, 2.05) is 30.3 Å². The minimum Gasteiger partial charge on any atom is -0.490 e. The van der Waals surface area contributed by atoms with Crippen molar-refractivity contribution in [1.29, 1.82) is 0 Å². The van der Waals surface area contributed by atoms with Gasteiger partial charge in [0.2, 0.25) is 5.91 Å². The Hall–Kier alpha value is -3.02. The number of nitrogens with one attached hydrogen (secondary N) is 2. The second kappa shape index (κ2) is 8.19. The lowest BCUT2D eigenvalue weighted by Crippen LogP contribution is -2.42. The van der Waals surface area contributed by atoms with Crippen LogP contribution in [0.3, 0.4) is 0 Å². The van der Waals surface area contributed by atoms with E-state index in [1.165, 1.54) is 0 Å². The highest BCUT2D eigenvalue weighted by atomic mass is 16.5. The summed E-state index contributed by atoms with van der Waals surface area (Å²) in [5.41, 5.74) is 5.23. The molecule has 0 radical (unpaired) electrons. The van der Waals surface area contributed by atoms with Crippen molar-refractivity contribution in [2.24, 2.45) is 5.92 Å². The van der Waals surface area contributed by atoms with Crippen LogP contribution in [0.25, 0.3) is 0 Å². The van der Waals surface area contributed by atoms with Crippen LogP contribution in [-0.2, 0) is 4.79 Å². The summed E-state index contributed by atoms with van der Waals surface area (Å²) in [4.78, 5) is 23.8. The Kier molecular flexibility index (Phi) is 5.51. The Morgan fingerprint density at radius 2 is 1.56 bits per heavy atom. The predicted molar refractivity (Wildman–Crippen MR) is 92.2 cm³/mol. The molecule has 6 nitrogen and oxygen atoms in total. The molecule has 0 aromatic heterocycles. The van der Waals surface area contributed by atoms with Crippen LogP contribution in [0.1, 0.15) is 23.2 Å². The number of amides is 2. The minimum absolute atomic E-state index is 0.0296. The van der Waals surface area contributed by atoms with Crippen molar-refractivity contribution in [2.75, 3.05) is 13.2 Å². The third-order valence-electron chi connectivity index (χ3n) is 3.73. The molecular formula is C19H20N2O4. The van der Waals surface area contributed by atoms with E-state index in [9.17, 15) is 9.59 Å². The summed E-state index contributed by atoms with van der Waals surface area (Å²) in [6, 6.07) is 16.3. The molecule has 6 heteroatoms. The number of ether oxygens (including phenoxy) is 2. The molecule has 0 bridgehead atoms. The van der Waals surface area contributed by atoms with Crippen molar-refractivity contribution in [3.63, 3.8) is 0 Å². The summed E-state index contributed by atoms with van der Waals surface area (Å²) in [6.07, 6.45) is 1.76. The van der Waals surface area contributed by atoms with Crippen molar-refractivity contribution in [2.45, 2.75) is 12.8 Å². The smallest absolute Gasteiger partial charge is 0.273 e. The van der Waals surface area contributed by atoms with Gasteiger partial charge in [-0.3, -0.25) is 20.4 Å². The zero-order valence-electron chi connectivity index (χ0n) is 13.7. The van der Waals surface area contributed by atoms with Crippen LogP contribution in [0, 0.1) is 5.92 Å². The predicted octanol–water partition coefficient (Wildman–Crippen LogP) is 2.32. The van der Waals surface area contributed by atoms with Gasteiger partial charge in [-0.2, -0.15) is 0 Å². The summed E-state index contributed by atoms with van der Waals surface area (Å²) in [7, 11) is 0. The minimum atomic E-state index is -0.409. The van der Waals surface area contributed by atoms with Crippen LogP contribution in [0.4, 0.5) is 0 Å². The van der Waals surface area contributed by atoms with Crippen LogP contribution < -0.4 is 20.3 Å². The van der Waals surface area contributed by atoms with Crippen molar-refractivity contribution < 1.29 is 19.1 Å². The highest BCUT2D eigenvalue weighted by Gasteiger charge is 2.29. The van der Waals surface area contributed by atoms with Crippen molar-refractivity contribution >= 4 is 11.8 Å². The fraction of sp³-hybridized carbons (Fsp3) is 0.263. The van der Waals surface area contributed by atoms with E-state index >= 15 is 0 Å². The maximum absolute atomic E-state index is 12.2. The van der Waals surface area contributed by atoms with E-state index in [0.29, 0.717) is 24.5 Å². The van der Waals surface area contributed by atoms with E-state index in [1.54, 1.807) is 24.3 Å². The molecule has 0 saturated heterocycles. The molecule has 0 spiro atoms. The first-order valence-electron chi connectivity index (χ1n) is 8.24. The summed E-state index contributed by atoms with van der Waals surface area (Å²) < 4.78 is 11.2. The van der Waals surface area contributed by atoms with Gasteiger partial charge < -0.3 is 9.47 Å². The normalized spacial score (nSPS) is 13.0. The number of hydrogen-bond acceptors (Lipinski definition) is 4. The van der Waals surface area contributed by atoms with E-state index < -0.39 is 5.91 Å². The number of rotatable bonds is 7. The summed E-state index contributed by atoms with van der Waals surface area (Å²) in [5, 5.41) is 0. The maximum atomic E-state index is 12.2. The van der Waals surface area contributed by atoms with Gasteiger partial charge in [0.25, 0.3) is 5.91 Å². The molecule has 1 aliphatic carbocycles. The van der Waals surface area contributed by atoms with Gasteiger partial charge in [-0.25, -0.2) is 0 Å². The van der Waals surface area contributed by atoms with Gasteiger partial charge in [-0.1, -0.05) is 30.3 Å². The van der Waals surface area contributed by atoms with Gasteiger partial charge in [0.1, 0.15) is 24.7 Å². The SMILES string of the molecule is O=C(NNC(=O)C1CC1)c1ccccc1OCCOc1ccccc1. The Bertz CT molecular complexity index is 729. The summed E-state index contributed by atoms with van der Waals surface area (Å²) in [6.45, 7) is 0.659. The molecule has 0 heterocycles. The Morgan fingerprint density at radius 3 is 2.32 bits per heavy atom. The Morgan fingerprint density at radius 1 is 0.880 bits per heavy atom. The zero-order valence-corrected chi connectivity index (χ0v) is 13.7. The van der Waals surface area contributed by atoms with Gasteiger partial charge >= 0.3 is 0 Å². The lowest BCUT2D eigenvalue weighted by molar-refractivity contribution is -0.123. The molecule has 1 saturated carbocycles. The molecule has 2 aromatic carbocycles. The number of benzene rings is 2. The fourth-order valence-electron chi connectivity index (χ4n) is 2.24. The largest absolute Gasteiger partial charge is 0.490 e. The number of hydrazine groups is 1. The fourth-order valence-corrected chi connectivity index (χ4v) is 2.24. The Balaban J connectivity index is 1.49.